The Morgan fingerprint density at radius 1 is 1.41 bits per heavy atom. The number of hydrogen-bond donors (Lipinski definition) is 0. The molecule has 17 heavy (non-hydrogen) atoms. The molecule has 0 heterocycles. The molecule has 0 aliphatic rings. The van der Waals surface area contributed by atoms with Gasteiger partial charge in [0.05, 0.1) is 18.0 Å². The van der Waals surface area contributed by atoms with Gasteiger partial charge in [0.15, 0.2) is 0 Å². The number of azide groups is 1. The number of hydrogen-bond acceptors (Lipinski definition) is 4. The lowest BCUT2D eigenvalue weighted by Crippen LogP contribution is -2.06. The predicted octanol–water partition coefficient (Wildman–Crippen LogP) is 3.23. The predicted molar refractivity (Wildman–Crippen MR) is 67.8 cm³/mol. The summed E-state index contributed by atoms with van der Waals surface area (Å²) in [6.07, 6.45) is 0.754. The molecule has 90 valence electrons. The molecule has 0 bridgehead atoms. The minimum absolute atomic E-state index is 0.300. The Labute approximate surface area is 104 Å². The van der Waals surface area contributed by atoms with Gasteiger partial charge < -0.3 is 4.74 Å². The second-order valence-electron chi connectivity index (χ2n) is 3.12. The first-order valence-electron chi connectivity index (χ1n) is 5.15. The van der Waals surface area contributed by atoms with E-state index in [-0.39, 0.29) is 5.97 Å². The summed E-state index contributed by atoms with van der Waals surface area (Å²) in [6, 6.07) is 8.89. The van der Waals surface area contributed by atoms with Crippen LogP contribution < -0.4 is 0 Å². The second-order valence-corrected chi connectivity index (χ2v) is 4.20. The van der Waals surface area contributed by atoms with Gasteiger partial charge in [-0.1, -0.05) is 23.3 Å². The summed E-state index contributed by atoms with van der Waals surface area (Å²) < 4.78 is 5.08. The fourth-order valence-corrected chi connectivity index (χ4v) is 1.70. The van der Waals surface area contributed by atoms with E-state index in [1.54, 1.807) is 24.3 Å². The highest BCUT2D eigenvalue weighted by atomic mass is 32.2. The monoisotopic (exact) mass is 251 g/mol. The minimum Gasteiger partial charge on any atom is -0.462 e. The maximum atomic E-state index is 11.5. The molecule has 0 aliphatic carbocycles. The summed E-state index contributed by atoms with van der Waals surface area (Å²) in [4.78, 5) is 14.1. The molecule has 0 atom stereocenters. The molecular formula is C11H13N3O2S. The maximum absolute atomic E-state index is 11.5. The summed E-state index contributed by atoms with van der Waals surface area (Å²) in [6.45, 7) is 0.386. The van der Waals surface area contributed by atoms with Gasteiger partial charge in [-0.2, -0.15) is 11.8 Å². The lowest BCUT2D eigenvalue weighted by molar-refractivity contribution is 0.0506. The molecule has 1 rings (SSSR count). The lowest BCUT2D eigenvalue weighted by atomic mass is 10.2. The van der Waals surface area contributed by atoms with Gasteiger partial charge in [-0.25, -0.2) is 4.79 Å². The highest BCUT2D eigenvalue weighted by Gasteiger charge is 2.04. The van der Waals surface area contributed by atoms with Gasteiger partial charge in [-0.3, -0.25) is 0 Å². The van der Waals surface area contributed by atoms with Crippen LogP contribution in [0.1, 0.15) is 16.8 Å². The van der Waals surface area contributed by atoms with Crippen LogP contribution in [0.2, 0.25) is 0 Å². The minimum atomic E-state index is -0.300. The van der Waals surface area contributed by atoms with Crippen molar-refractivity contribution in [3.8, 4) is 0 Å². The summed E-state index contributed by atoms with van der Waals surface area (Å²) in [5, 5.41) is 3.39. The highest BCUT2D eigenvalue weighted by Crippen LogP contribution is 2.05. The molecular weight excluding hydrogens is 238 g/mol. The van der Waals surface area contributed by atoms with E-state index in [0.29, 0.717) is 18.0 Å². The van der Waals surface area contributed by atoms with Crippen molar-refractivity contribution in [3.05, 3.63) is 46.3 Å². The van der Waals surface area contributed by atoms with Crippen LogP contribution in [0.3, 0.4) is 0 Å². The number of ether oxygens (including phenoxy) is 1. The molecule has 1 aromatic rings. The molecule has 0 radical (unpaired) electrons. The van der Waals surface area contributed by atoms with E-state index < -0.39 is 0 Å². The Hall–Kier alpha value is -1.65. The number of benzene rings is 1. The van der Waals surface area contributed by atoms with Gasteiger partial charge in [-0.05, 0) is 29.8 Å². The molecule has 5 nitrogen and oxygen atoms in total. The zero-order chi connectivity index (χ0) is 12.3. The van der Waals surface area contributed by atoms with E-state index >= 15 is 0 Å². The number of carbonyl (C=O) groups is 1. The van der Waals surface area contributed by atoms with E-state index in [1.165, 1.54) is 11.8 Å². The molecule has 6 heteroatoms. The van der Waals surface area contributed by atoms with Crippen molar-refractivity contribution in [2.24, 2.45) is 5.11 Å². The molecule has 0 aromatic heterocycles. The molecule has 0 N–H and O–H groups in total. The summed E-state index contributed by atoms with van der Waals surface area (Å²) in [7, 11) is 0. The second kappa shape index (κ2) is 8.50. The van der Waals surface area contributed by atoms with Gasteiger partial charge in [0.1, 0.15) is 0 Å². The van der Waals surface area contributed by atoms with Crippen LogP contribution in [0.5, 0.6) is 0 Å². The van der Waals surface area contributed by atoms with Crippen molar-refractivity contribution >= 4 is 17.7 Å². The van der Waals surface area contributed by atoms with Gasteiger partial charge >= 0.3 is 5.97 Å². The molecule has 0 saturated heterocycles. The lowest BCUT2D eigenvalue weighted by Gasteiger charge is -2.03. The van der Waals surface area contributed by atoms with Crippen LogP contribution in [0.25, 0.3) is 10.4 Å². The normalized spacial score (nSPS) is 9.41. The molecule has 0 unspecified atom stereocenters. The molecule has 0 fully saturated rings. The van der Waals surface area contributed by atoms with Crippen molar-refractivity contribution in [2.75, 3.05) is 18.2 Å². The van der Waals surface area contributed by atoms with Crippen LogP contribution in [-0.2, 0) is 4.74 Å². The van der Waals surface area contributed by atoms with E-state index in [9.17, 15) is 4.79 Å². The van der Waals surface area contributed by atoms with Gasteiger partial charge in [0.2, 0.25) is 0 Å². The van der Waals surface area contributed by atoms with Crippen LogP contribution in [0, 0.1) is 0 Å². The number of esters is 1. The topological polar surface area (TPSA) is 75.1 Å². The standard InChI is InChI=1S/C11H13N3O2S/c12-14-13-9-17-8-4-7-16-11(15)10-5-2-1-3-6-10/h1-3,5-6H,4,7-9H2. The highest BCUT2D eigenvalue weighted by molar-refractivity contribution is 7.99. The average Bonchev–Trinajstić information content (AvgIpc) is 2.38. The fourth-order valence-electron chi connectivity index (χ4n) is 1.11. The van der Waals surface area contributed by atoms with E-state index in [1.807, 2.05) is 6.07 Å². The van der Waals surface area contributed by atoms with Gasteiger partial charge in [0, 0.05) is 4.91 Å². The van der Waals surface area contributed by atoms with Crippen LogP contribution in [0.4, 0.5) is 0 Å². The summed E-state index contributed by atoms with van der Waals surface area (Å²) >= 11 is 1.51. The molecule has 0 spiro atoms. The van der Waals surface area contributed by atoms with Gasteiger partial charge in [0.25, 0.3) is 0 Å². The van der Waals surface area contributed by atoms with Crippen LogP contribution in [-0.4, -0.2) is 24.2 Å². The van der Waals surface area contributed by atoms with Gasteiger partial charge in [-0.15, -0.1) is 0 Å². The Morgan fingerprint density at radius 3 is 2.88 bits per heavy atom. The van der Waals surface area contributed by atoms with E-state index in [0.717, 1.165) is 12.2 Å². The van der Waals surface area contributed by atoms with Crippen molar-refractivity contribution in [1.29, 1.82) is 0 Å². The van der Waals surface area contributed by atoms with Crippen LogP contribution in [0.15, 0.2) is 35.4 Å². The number of rotatable bonds is 7. The molecule has 0 amide bonds. The third-order valence-electron chi connectivity index (χ3n) is 1.89. The number of carbonyl (C=O) groups excluding carboxylic acids is 1. The summed E-state index contributed by atoms with van der Waals surface area (Å²) in [5.41, 5.74) is 8.61. The van der Waals surface area contributed by atoms with Crippen molar-refractivity contribution in [3.63, 3.8) is 0 Å². The maximum Gasteiger partial charge on any atom is 0.338 e. The first-order valence-corrected chi connectivity index (χ1v) is 6.31. The fraction of sp³-hybridized carbons (Fsp3) is 0.364. The first-order chi connectivity index (χ1) is 8.34. The third kappa shape index (κ3) is 5.85. The van der Waals surface area contributed by atoms with Crippen molar-refractivity contribution < 1.29 is 9.53 Å². The zero-order valence-electron chi connectivity index (χ0n) is 9.28. The SMILES string of the molecule is [N-]=[N+]=NCSCCCOC(=O)c1ccccc1. The Kier molecular flexibility index (Phi) is 6.70. The number of nitrogens with zero attached hydrogens (tertiary/aromatic N) is 3. The van der Waals surface area contributed by atoms with Crippen molar-refractivity contribution in [2.45, 2.75) is 6.42 Å². The Bertz CT molecular complexity index is 391. The first kappa shape index (κ1) is 13.4. The quantitative estimate of drug-likeness (QED) is 0.245. The zero-order valence-corrected chi connectivity index (χ0v) is 10.1. The average molecular weight is 251 g/mol. The van der Waals surface area contributed by atoms with E-state index in [2.05, 4.69) is 10.0 Å². The summed E-state index contributed by atoms with van der Waals surface area (Å²) in [5.74, 6) is 0.926. The third-order valence-corrected chi connectivity index (χ3v) is 2.76. The Morgan fingerprint density at radius 2 is 2.18 bits per heavy atom. The van der Waals surface area contributed by atoms with E-state index in [4.69, 9.17) is 10.3 Å². The smallest absolute Gasteiger partial charge is 0.338 e. The molecule has 0 aliphatic heterocycles. The van der Waals surface area contributed by atoms with Crippen LogP contribution >= 0.6 is 11.8 Å². The van der Waals surface area contributed by atoms with Crippen molar-refractivity contribution in [1.82, 2.24) is 0 Å². The largest absolute Gasteiger partial charge is 0.462 e. The number of thioether (sulfide) groups is 1. The Balaban J connectivity index is 2.11. The molecule has 1 aromatic carbocycles. The molecule has 0 saturated carbocycles.